The molecule has 0 spiro atoms. The molecule has 0 fully saturated rings. The molecule has 0 unspecified atom stereocenters. The molecule has 0 aliphatic carbocycles. The fraction of sp³-hybridized carbons (Fsp3) is 0.316. The van der Waals surface area contributed by atoms with Crippen LogP contribution in [0.4, 0.5) is 0 Å². The Bertz CT molecular complexity index is 716. The van der Waals surface area contributed by atoms with Crippen molar-refractivity contribution in [3.05, 3.63) is 58.1 Å². The van der Waals surface area contributed by atoms with E-state index < -0.39 is 0 Å². The molecule has 0 aliphatic heterocycles. The summed E-state index contributed by atoms with van der Waals surface area (Å²) in [5.74, 6) is 1.28. The third-order valence-corrected chi connectivity index (χ3v) is 3.95. The maximum absolute atomic E-state index is 11.8. The SMILES string of the molecule is Cc1ccc(C)c(OCCNC(=O)COc2ccc(Cl)c(C)c2)c1. The second kappa shape index (κ2) is 8.60. The first-order chi connectivity index (χ1) is 11.5. The van der Waals surface area contributed by atoms with Crippen molar-refractivity contribution in [3.63, 3.8) is 0 Å². The molecular formula is C19H22ClNO3. The molecule has 1 N–H and O–H groups in total. The molecule has 4 nitrogen and oxygen atoms in total. The first kappa shape index (κ1) is 18.1. The van der Waals surface area contributed by atoms with Crippen LogP contribution in [-0.2, 0) is 4.79 Å². The molecule has 2 rings (SSSR count). The molecule has 0 heterocycles. The van der Waals surface area contributed by atoms with Crippen LogP contribution in [0.1, 0.15) is 16.7 Å². The minimum atomic E-state index is -0.188. The van der Waals surface area contributed by atoms with Gasteiger partial charge in [0, 0.05) is 5.02 Å². The summed E-state index contributed by atoms with van der Waals surface area (Å²) in [4.78, 5) is 11.8. The molecule has 128 valence electrons. The number of hydrogen-bond acceptors (Lipinski definition) is 3. The minimum absolute atomic E-state index is 0.0372. The Labute approximate surface area is 147 Å². The van der Waals surface area contributed by atoms with Crippen LogP contribution in [0.2, 0.25) is 5.02 Å². The Hall–Kier alpha value is -2.20. The van der Waals surface area contributed by atoms with E-state index in [-0.39, 0.29) is 12.5 Å². The summed E-state index contributed by atoms with van der Waals surface area (Å²) >= 11 is 5.95. The van der Waals surface area contributed by atoms with Crippen LogP contribution in [0.15, 0.2) is 36.4 Å². The fourth-order valence-electron chi connectivity index (χ4n) is 2.12. The van der Waals surface area contributed by atoms with Gasteiger partial charge in [-0.3, -0.25) is 4.79 Å². The maximum Gasteiger partial charge on any atom is 0.258 e. The smallest absolute Gasteiger partial charge is 0.258 e. The lowest BCUT2D eigenvalue weighted by molar-refractivity contribution is -0.123. The van der Waals surface area contributed by atoms with Crippen molar-refractivity contribution >= 4 is 17.5 Å². The van der Waals surface area contributed by atoms with Crippen molar-refractivity contribution in [3.8, 4) is 11.5 Å². The average molecular weight is 348 g/mol. The van der Waals surface area contributed by atoms with Crippen LogP contribution in [-0.4, -0.2) is 25.7 Å². The lowest BCUT2D eigenvalue weighted by Gasteiger charge is -2.11. The van der Waals surface area contributed by atoms with Gasteiger partial charge in [-0.05, 0) is 61.7 Å². The van der Waals surface area contributed by atoms with Gasteiger partial charge >= 0.3 is 0 Å². The van der Waals surface area contributed by atoms with E-state index in [2.05, 4.69) is 5.32 Å². The van der Waals surface area contributed by atoms with Gasteiger partial charge in [0.15, 0.2) is 6.61 Å². The first-order valence-corrected chi connectivity index (χ1v) is 8.19. The molecule has 1 amide bonds. The number of hydrogen-bond donors (Lipinski definition) is 1. The Balaban J connectivity index is 1.69. The molecule has 2 aromatic rings. The highest BCUT2D eigenvalue weighted by atomic mass is 35.5. The highest BCUT2D eigenvalue weighted by Gasteiger charge is 2.05. The van der Waals surface area contributed by atoms with Crippen molar-refractivity contribution in [2.75, 3.05) is 19.8 Å². The van der Waals surface area contributed by atoms with Crippen LogP contribution in [0.3, 0.4) is 0 Å². The van der Waals surface area contributed by atoms with Gasteiger partial charge < -0.3 is 14.8 Å². The highest BCUT2D eigenvalue weighted by molar-refractivity contribution is 6.31. The van der Waals surface area contributed by atoms with E-state index in [0.29, 0.717) is 23.9 Å². The van der Waals surface area contributed by atoms with Crippen molar-refractivity contribution < 1.29 is 14.3 Å². The Morgan fingerprint density at radius 2 is 1.83 bits per heavy atom. The zero-order chi connectivity index (χ0) is 17.5. The molecule has 0 saturated heterocycles. The van der Waals surface area contributed by atoms with Crippen molar-refractivity contribution in [1.82, 2.24) is 5.32 Å². The van der Waals surface area contributed by atoms with E-state index in [0.717, 1.165) is 22.4 Å². The summed E-state index contributed by atoms with van der Waals surface area (Å²) in [5.41, 5.74) is 3.14. The van der Waals surface area contributed by atoms with E-state index in [1.54, 1.807) is 18.2 Å². The molecule has 0 saturated carbocycles. The molecule has 0 aromatic heterocycles. The number of amides is 1. The predicted molar refractivity (Wildman–Crippen MR) is 96.1 cm³/mol. The van der Waals surface area contributed by atoms with Gasteiger partial charge in [-0.1, -0.05) is 23.7 Å². The van der Waals surface area contributed by atoms with Gasteiger partial charge in [0.05, 0.1) is 6.54 Å². The van der Waals surface area contributed by atoms with Gasteiger partial charge in [0.2, 0.25) is 0 Å². The Morgan fingerprint density at radius 1 is 1.04 bits per heavy atom. The van der Waals surface area contributed by atoms with Crippen LogP contribution < -0.4 is 14.8 Å². The van der Waals surface area contributed by atoms with E-state index in [1.165, 1.54) is 0 Å². The summed E-state index contributed by atoms with van der Waals surface area (Å²) in [6.07, 6.45) is 0. The minimum Gasteiger partial charge on any atom is -0.491 e. The summed E-state index contributed by atoms with van der Waals surface area (Å²) < 4.78 is 11.1. The fourth-order valence-corrected chi connectivity index (χ4v) is 2.24. The van der Waals surface area contributed by atoms with E-state index in [1.807, 2.05) is 39.0 Å². The lowest BCUT2D eigenvalue weighted by Crippen LogP contribution is -2.32. The number of nitrogens with one attached hydrogen (secondary N) is 1. The normalized spacial score (nSPS) is 10.3. The van der Waals surface area contributed by atoms with Gasteiger partial charge in [-0.15, -0.1) is 0 Å². The topological polar surface area (TPSA) is 47.6 Å². The van der Waals surface area contributed by atoms with Crippen LogP contribution in [0.5, 0.6) is 11.5 Å². The molecule has 0 atom stereocenters. The number of ether oxygens (including phenoxy) is 2. The molecule has 2 aromatic carbocycles. The third kappa shape index (κ3) is 5.46. The largest absolute Gasteiger partial charge is 0.491 e. The predicted octanol–water partition coefficient (Wildman–Crippen LogP) is 3.84. The number of rotatable bonds is 7. The van der Waals surface area contributed by atoms with Crippen molar-refractivity contribution in [1.29, 1.82) is 0 Å². The quantitative estimate of drug-likeness (QED) is 0.774. The monoisotopic (exact) mass is 347 g/mol. The highest BCUT2D eigenvalue weighted by Crippen LogP contribution is 2.21. The number of benzene rings is 2. The maximum atomic E-state index is 11.8. The molecule has 24 heavy (non-hydrogen) atoms. The van der Waals surface area contributed by atoms with Gasteiger partial charge in [-0.2, -0.15) is 0 Å². The second-order valence-electron chi connectivity index (χ2n) is 5.67. The molecule has 0 bridgehead atoms. The van der Waals surface area contributed by atoms with E-state index in [9.17, 15) is 4.79 Å². The lowest BCUT2D eigenvalue weighted by atomic mass is 10.1. The number of halogens is 1. The molecule has 0 aliphatic rings. The summed E-state index contributed by atoms with van der Waals surface area (Å²) in [6, 6.07) is 11.3. The van der Waals surface area contributed by atoms with E-state index in [4.69, 9.17) is 21.1 Å². The van der Waals surface area contributed by atoms with Crippen LogP contribution in [0.25, 0.3) is 0 Å². The van der Waals surface area contributed by atoms with Crippen molar-refractivity contribution in [2.45, 2.75) is 20.8 Å². The first-order valence-electron chi connectivity index (χ1n) is 7.81. The third-order valence-electron chi connectivity index (χ3n) is 3.52. The number of aryl methyl sites for hydroxylation is 3. The molecule has 0 radical (unpaired) electrons. The molecule has 5 heteroatoms. The van der Waals surface area contributed by atoms with Gasteiger partial charge in [0.25, 0.3) is 5.91 Å². The van der Waals surface area contributed by atoms with E-state index >= 15 is 0 Å². The van der Waals surface area contributed by atoms with Crippen LogP contribution in [0, 0.1) is 20.8 Å². The summed E-state index contributed by atoms with van der Waals surface area (Å²) in [6.45, 7) is 6.70. The Kier molecular flexibility index (Phi) is 6.50. The average Bonchev–Trinajstić information content (AvgIpc) is 2.55. The second-order valence-corrected chi connectivity index (χ2v) is 6.07. The molecular weight excluding hydrogens is 326 g/mol. The summed E-state index contributed by atoms with van der Waals surface area (Å²) in [7, 11) is 0. The summed E-state index contributed by atoms with van der Waals surface area (Å²) in [5, 5.41) is 3.44. The zero-order valence-corrected chi connectivity index (χ0v) is 14.9. The van der Waals surface area contributed by atoms with Gasteiger partial charge in [0.1, 0.15) is 18.1 Å². The standard InChI is InChI=1S/C19H22ClNO3/c1-13-4-5-14(2)18(10-13)23-9-8-21-19(22)12-24-16-6-7-17(20)15(3)11-16/h4-7,10-11H,8-9,12H2,1-3H3,(H,21,22). The van der Waals surface area contributed by atoms with Crippen LogP contribution >= 0.6 is 11.6 Å². The van der Waals surface area contributed by atoms with Crippen molar-refractivity contribution in [2.24, 2.45) is 0 Å². The van der Waals surface area contributed by atoms with Gasteiger partial charge in [-0.25, -0.2) is 0 Å². The number of carbonyl (C=O) groups is 1. The number of carbonyl (C=O) groups excluding carboxylic acids is 1. The zero-order valence-electron chi connectivity index (χ0n) is 14.2. The Morgan fingerprint density at radius 3 is 2.58 bits per heavy atom.